The average molecular weight is 264 g/mol. The molecule has 1 N–H and O–H groups in total. The summed E-state index contributed by atoms with van der Waals surface area (Å²) in [6, 6.07) is 7.21. The van der Waals surface area contributed by atoms with Crippen LogP contribution in [-0.2, 0) is 6.61 Å². The summed E-state index contributed by atoms with van der Waals surface area (Å²) in [5.74, 6) is 0. The number of hydrogen-bond acceptors (Lipinski definition) is 2. The quantitative estimate of drug-likeness (QED) is 0.905. The minimum atomic E-state index is -0.265. The van der Waals surface area contributed by atoms with Crippen molar-refractivity contribution in [1.82, 2.24) is 4.57 Å². The van der Waals surface area contributed by atoms with E-state index in [2.05, 4.69) is 0 Å². The lowest BCUT2D eigenvalue weighted by molar-refractivity contribution is 0.280. The van der Waals surface area contributed by atoms with E-state index in [-0.39, 0.29) is 12.0 Å². The van der Waals surface area contributed by atoms with Crippen LogP contribution in [0.25, 0.3) is 5.69 Å². The number of hydrogen-bond donors (Lipinski definition) is 1. The molecular formula is C14H14ClNO2. The maximum atomic E-state index is 11.6. The van der Waals surface area contributed by atoms with Crippen molar-refractivity contribution < 1.29 is 5.11 Å². The van der Waals surface area contributed by atoms with Gasteiger partial charge in [0.1, 0.15) is 0 Å². The third-order valence-electron chi connectivity index (χ3n) is 2.93. The van der Waals surface area contributed by atoms with Crippen molar-refractivity contribution in [2.75, 3.05) is 0 Å². The van der Waals surface area contributed by atoms with Gasteiger partial charge in [0.2, 0.25) is 0 Å². The van der Waals surface area contributed by atoms with E-state index in [1.54, 1.807) is 6.20 Å². The summed E-state index contributed by atoms with van der Waals surface area (Å²) >= 11 is 6.10. The van der Waals surface area contributed by atoms with Crippen LogP contribution in [0.1, 0.15) is 16.8 Å². The average Bonchev–Trinajstić information content (AvgIpc) is 2.33. The van der Waals surface area contributed by atoms with Crippen LogP contribution in [0.4, 0.5) is 0 Å². The number of benzene rings is 1. The van der Waals surface area contributed by atoms with Crippen molar-refractivity contribution in [3.8, 4) is 5.69 Å². The summed E-state index contributed by atoms with van der Waals surface area (Å²) in [5.41, 5.74) is 2.90. The summed E-state index contributed by atoms with van der Waals surface area (Å²) in [6.07, 6.45) is 1.65. The standard InChI is InChI=1S/C14H14ClNO2/c1-9-3-4-12(6-13(9)15)16-7-11(8-17)14(18)5-10(16)2/h3-7,17H,8H2,1-2H3. The Hall–Kier alpha value is -1.58. The van der Waals surface area contributed by atoms with Gasteiger partial charge in [0.25, 0.3) is 0 Å². The Bertz CT molecular complexity index is 647. The fourth-order valence-corrected chi connectivity index (χ4v) is 1.98. The Kier molecular flexibility index (Phi) is 3.55. The first-order valence-electron chi connectivity index (χ1n) is 5.62. The van der Waals surface area contributed by atoms with E-state index in [0.29, 0.717) is 10.6 Å². The Morgan fingerprint density at radius 2 is 2.00 bits per heavy atom. The van der Waals surface area contributed by atoms with E-state index in [9.17, 15) is 4.79 Å². The molecule has 0 spiro atoms. The fraction of sp³-hybridized carbons (Fsp3) is 0.214. The zero-order valence-electron chi connectivity index (χ0n) is 10.3. The van der Waals surface area contributed by atoms with Gasteiger partial charge in [0, 0.05) is 34.2 Å². The van der Waals surface area contributed by atoms with Crippen LogP contribution < -0.4 is 5.43 Å². The second-order valence-corrected chi connectivity index (χ2v) is 4.67. The second-order valence-electron chi connectivity index (χ2n) is 4.27. The highest BCUT2D eigenvalue weighted by Crippen LogP contribution is 2.20. The minimum Gasteiger partial charge on any atom is -0.391 e. The van der Waals surface area contributed by atoms with Crippen molar-refractivity contribution in [2.45, 2.75) is 20.5 Å². The van der Waals surface area contributed by atoms with Crippen LogP contribution in [-0.4, -0.2) is 9.67 Å². The van der Waals surface area contributed by atoms with Gasteiger partial charge in [0.05, 0.1) is 6.61 Å². The second kappa shape index (κ2) is 4.96. The van der Waals surface area contributed by atoms with Gasteiger partial charge in [0.15, 0.2) is 5.43 Å². The van der Waals surface area contributed by atoms with E-state index in [4.69, 9.17) is 16.7 Å². The first-order valence-corrected chi connectivity index (χ1v) is 6.00. The highest BCUT2D eigenvalue weighted by molar-refractivity contribution is 6.31. The summed E-state index contributed by atoms with van der Waals surface area (Å²) in [5, 5.41) is 9.82. The molecule has 0 bridgehead atoms. The van der Waals surface area contributed by atoms with E-state index in [0.717, 1.165) is 16.9 Å². The van der Waals surface area contributed by atoms with Gasteiger partial charge in [-0.2, -0.15) is 0 Å². The number of nitrogens with zero attached hydrogens (tertiary/aromatic N) is 1. The molecule has 0 atom stereocenters. The number of aliphatic hydroxyl groups is 1. The largest absolute Gasteiger partial charge is 0.391 e. The Morgan fingerprint density at radius 3 is 2.61 bits per heavy atom. The van der Waals surface area contributed by atoms with Crippen molar-refractivity contribution in [2.24, 2.45) is 0 Å². The minimum absolute atomic E-state index is 0.149. The van der Waals surface area contributed by atoms with Gasteiger partial charge in [-0.15, -0.1) is 0 Å². The van der Waals surface area contributed by atoms with E-state index >= 15 is 0 Å². The molecule has 1 aromatic heterocycles. The molecule has 0 saturated carbocycles. The predicted molar refractivity (Wildman–Crippen MR) is 72.4 cm³/mol. The monoisotopic (exact) mass is 263 g/mol. The number of aromatic nitrogens is 1. The Labute approximate surface area is 110 Å². The van der Waals surface area contributed by atoms with Crippen LogP contribution >= 0.6 is 11.6 Å². The number of pyridine rings is 1. The summed E-state index contributed by atoms with van der Waals surface area (Å²) in [4.78, 5) is 11.6. The van der Waals surface area contributed by atoms with Crippen LogP contribution in [0.3, 0.4) is 0 Å². The zero-order valence-corrected chi connectivity index (χ0v) is 11.0. The lowest BCUT2D eigenvalue weighted by atomic mass is 10.2. The number of halogens is 1. The molecule has 2 aromatic rings. The Balaban J connectivity index is 2.63. The summed E-state index contributed by atoms with van der Waals surface area (Å²) < 4.78 is 1.85. The molecule has 0 aliphatic rings. The fourth-order valence-electron chi connectivity index (χ4n) is 1.80. The van der Waals surface area contributed by atoms with Gasteiger partial charge in [-0.1, -0.05) is 17.7 Å². The molecule has 4 heteroatoms. The van der Waals surface area contributed by atoms with E-state index in [1.165, 1.54) is 6.07 Å². The molecule has 0 fully saturated rings. The molecule has 0 unspecified atom stereocenters. The molecule has 0 radical (unpaired) electrons. The highest BCUT2D eigenvalue weighted by Gasteiger charge is 2.06. The van der Waals surface area contributed by atoms with E-state index in [1.807, 2.05) is 36.6 Å². The predicted octanol–water partition coefficient (Wildman–Crippen LogP) is 2.60. The first kappa shape index (κ1) is 12.9. The van der Waals surface area contributed by atoms with Gasteiger partial charge >= 0.3 is 0 Å². The maximum absolute atomic E-state index is 11.6. The maximum Gasteiger partial charge on any atom is 0.187 e. The van der Waals surface area contributed by atoms with Gasteiger partial charge in [-0.05, 0) is 31.5 Å². The van der Waals surface area contributed by atoms with Crippen LogP contribution in [0, 0.1) is 13.8 Å². The molecule has 0 aliphatic carbocycles. The van der Waals surface area contributed by atoms with Gasteiger partial charge < -0.3 is 9.67 Å². The molecule has 1 heterocycles. The molecule has 0 saturated heterocycles. The lowest BCUT2D eigenvalue weighted by Crippen LogP contribution is -2.14. The van der Waals surface area contributed by atoms with Crippen molar-refractivity contribution in [3.63, 3.8) is 0 Å². The van der Waals surface area contributed by atoms with Crippen molar-refractivity contribution >= 4 is 11.6 Å². The van der Waals surface area contributed by atoms with Crippen molar-refractivity contribution in [1.29, 1.82) is 0 Å². The van der Waals surface area contributed by atoms with Crippen molar-refractivity contribution in [3.05, 3.63) is 62.5 Å². The summed E-state index contributed by atoms with van der Waals surface area (Å²) in [7, 11) is 0. The first-order chi connectivity index (χ1) is 8.52. The van der Waals surface area contributed by atoms with E-state index < -0.39 is 0 Å². The molecule has 2 rings (SSSR count). The Morgan fingerprint density at radius 1 is 1.28 bits per heavy atom. The van der Waals surface area contributed by atoms with Crippen LogP contribution in [0.2, 0.25) is 5.02 Å². The molecule has 1 aromatic carbocycles. The molecule has 18 heavy (non-hydrogen) atoms. The summed E-state index contributed by atoms with van der Waals surface area (Å²) in [6.45, 7) is 3.51. The third-order valence-corrected chi connectivity index (χ3v) is 3.33. The molecule has 94 valence electrons. The smallest absolute Gasteiger partial charge is 0.187 e. The van der Waals surface area contributed by atoms with Gasteiger partial charge in [-0.25, -0.2) is 0 Å². The molecule has 3 nitrogen and oxygen atoms in total. The molecule has 0 aliphatic heterocycles. The molecule has 0 amide bonds. The van der Waals surface area contributed by atoms with Gasteiger partial charge in [-0.3, -0.25) is 4.79 Å². The number of aliphatic hydroxyl groups excluding tert-OH is 1. The SMILES string of the molecule is Cc1ccc(-n2cc(CO)c(=O)cc2C)cc1Cl. The number of aryl methyl sites for hydroxylation is 2. The number of rotatable bonds is 2. The normalized spacial score (nSPS) is 10.7. The molecular weight excluding hydrogens is 250 g/mol. The highest BCUT2D eigenvalue weighted by atomic mass is 35.5. The van der Waals surface area contributed by atoms with Crippen LogP contribution in [0.5, 0.6) is 0 Å². The zero-order chi connectivity index (χ0) is 13.3. The lowest BCUT2D eigenvalue weighted by Gasteiger charge is -2.13. The van der Waals surface area contributed by atoms with Crippen LogP contribution in [0.15, 0.2) is 35.3 Å². The third kappa shape index (κ3) is 2.33. The topological polar surface area (TPSA) is 42.2 Å².